The summed E-state index contributed by atoms with van der Waals surface area (Å²) < 4.78 is 0. The quantitative estimate of drug-likeness (QED) is 0.563. The summed E-state index contributed by atoms with van der Waals surface area (Å²) >= 11 is 0. The molecule has 0 aliphatic carbocycles. The Bertz CT molecular complexity index is 739. The molecule has 0 amide bonds. The van der Waals surface area contributed by atoms with Gasteiger partial charge in [-0.25, -0.2) is 5.43 Å². The van der Waals surface area contributed by atoms with Gasteiger partial charge in [0.1, 0.15) is 0 Å². The van der Waals surface area contributed by atoms with Crippen LogP contribution in [0, 0.1) is 6.92 Å². The fourth-order valence-electron chi connectivity index (χ4n) is 2.36. The van der Waals surface area contributed by atoms with Gasteiger partial charge in [0.15, 0.2) is 0 Å². The summed E-state index contributed by atoms with van der Waals surface area (Å²) in [7, 11) is 0. The van der Waals surface area contributed by atoms with E-state index in [0.717, 1.165) is 27.7 Å². The van der Waals surface area contributed by atoms with E-state index in [0.29, 0.717) is 0 Å². The number of rotatable bonds is 3. The highest BCUT2D eigenvalue weighted by Crippen LogP contribution is 2.23. The van der Waals surface area contributed by atoms with Gasteiger partial charge in [-0.2, -0.15) is 0 Å². The van der Waals surface area contributed by atoms with Crippen molar-refractivity contribution in [2.24, 2.45) is 5.84 Å². The van der Waals surface area contributed by atoms with Gasteiger partial charge in [0.2, 0.25) is 0 Å². The van der Waals surface area contributed by atoms with Gasteiger partial charge in [-0.15, -0.1) is 0 Å². The van der Waals surface area contributed by atoms with E-state index in [1.165, 1.54) is 0 Å². The topological polar surface area (TPSA) is 63.8 Å². The summed E-state index contributed by atoms with van der Waals surface area (Å²) in [4.78, 5) is 8.87. The van der Waals surface area contributed by atoms with Gasteiger partial charge in [-0.05, 0) is 36.2 Å². The molecule has 4 nitrogen and oxygen atoms in total. The van der Waals surface area contributed by atoms with Crippen molar-refractivity contribution in [2.45, 2.75) is 13.0 Å². The fraction of sp³-hybridized carbons (Fsp3) is 0.125. The number of benzene rings is 1. The summed E-state index contributed by atoms with van der Waals surface area (Å²) in [6.45, 7) is 2.04. The van der Waals surface area contributed by atoms with Crippen LogP contribution in [0.5, 0.6) is 0 Å². The van der Waals surface area contributed by atoms with Gasteiger partial charge in [-0.1, -0.05) is 24.3 Å². The van der Waals surface area contributed by atoms with Crippen LogP contribution in [0.1, 0.15) is 22.9 Å². The first kappa shape index (κ1) is 12.7. The zero-order valence-electron chi connectivity index (χ0n) is 11.2. The third kappa shape index (κ3) is 2.27. The molecule has 0 saturated heterocycles. The second-order valence-electron chi connectivity index (χ2n) is 4.76. The van der Waals surface area contributed by atoms with Gasteiger partial charge in [0.05, 0.1) is 17.3 Å². The van der Waals surface area contributed by atoms with E-state index in [2.05, 4.69) is 16.5 Å². The van der Waals surface area contributed by atoms with Crippen LogP contribution in [-0.2, 0) is 0 Å². The highest BCUT2D eigenvalue weighted by molar-refractivity contribution is 5.78. The van der Waals surface area contributed by atoms with Gasteiger partial charge >= 0.3 is 0 Å². The molecule has 3 rings (SSSR count). The fourth-order valence-corrected chi connectivity index (χ4v) is 2.36. The van der Waals surface area contributed by atoms with Crippen molar-refractivity contribution in [3.8, 4) is 0 Å². The second-order valence-corrected chi connectivity index (χ2v) is 4.76. The maximum atomic E-state index is 5.73. The van der Waals surface area contributed by atoms with E-state index >= 15 is 0 Å². The summed E-state index contributed by atoms with van der Waals surface area (Å²) in [5.41, 5.74) is 6.87. The number of para-hydroxylation sites is 1. The number of hydrazine groups is 1. The van der Waals surface area contributed by atoms with Crippen LogP contribution in [0.25, 0.3) is 10.9 Å². The van der Waals surface area contributed by atoms with Crippen LogP contribution in [0.2, 0.25) is 0 Å². The van der Waals surface area contributed by atoms with Crippen molar-refractivity contribution in [2.75, 3.05) is 0 Å². The standard InChI is InChI=1S/C16H16N4/c1-11-8-9-18-10-13(11)16(20-17)15-7-6-12-4-2-3-5-14(12)19-15/h2-10,16,20H,17H2,1H3. The number of nitrogens with one attached hydrogen (secondary N) is 1. The van der Waals surface area contributed by atoms with E-state index in [4.69, 9.17) is 10.8 Å². The van der Waals surface area contributed by atoms with Crippen LogP contribution in [0.4, 0.5) is 0 Å². The molecule has 3 aromatic rings. The molecule has 0 aliphatic heterocycles. The molecule has 1 unspecified atom stereocenters. The van der Waals surface area contributed by atoms with Gasteiger partial charge in [0, 0.05) is 17.8 Å². The Hall–Kier alpha value is -2.30. The predicted octanol–water partition coefficient (Wildman–Crippen LogP) is 2.49. The maximum absolute atomic E-state index is 5.73. The Balaban J connectivity index is 2.10. The Kier molecular flexibility index (Phi) is 3.41. The third-order valence-corrected chi connectivity index (χ3v) is 3.47. The van der Waals surface area contributed by atoms with Crippen molar-refractivity contribution < 1.29 is 0 Å². The largest absolute Gasteiger partial charge is 0.271 e. The van der Waals surface area contributed by atoms with Crippen LogP contribution in [-0.4, -0.2) is 9.97 Å². The lowest BCUT2D eigenvalue weighted by Gasteiger charge is -2.18. The SMILES string of the molecule is Cc1ccncc1C(NN)c1ccc2ccccc2n1. The molecule has 0 aliphatic rings. The minimum Gasteiger partial charge on any atom is -0.271 e. The summed E-state index contributed by atoms with van der Waals surface area (Å²) in [5, 5.41) is 1.12. The van der Waals surface area contributed by atoms with Crippen molar-refractivity contribution in [3.05, 3.63) is 71.7 Å². The van der Waals surface area contributed by atoms with Gasteiger partial charge in [-0.3, -0.25) is 15.8 Å². The maximum Gasteiger partial charge on any atom is 0.0899 e. The molecule has 0 radical (unpaired) electrons. The zero-order valence-corrected chi connectivity index (χ0v) is 11.2. The molecular formula is C16H16N4. The number of fused-ring (bicyclic) bond motifs is 1. The van der Waals surface area contributed by atoms with E-state index < -0.39 is 0 Å². The molecule has 0 spiro atoms. The van der Waals surface area contributed by atoms with E-state index in [1.54, 1.807) is 6.20 Å². The average Bonchev–Trinajstić information content (AvgIpc) is 2.50. The van der Waals surface area contributed by atoms with E-state index in [1.807, 2.05) is 49.5 Å². The van der Waals surface area contributed by atoms with Crippen LogP contribution in [0.15, 0.2) is 54.9 Å². The number of hydrogen-bond acceptors (Lipinski definition) is 4. The molecule has 1 atom stereocenters. The van der Waals surface area contributed by atoms with E-state index in [-0.39, 0.29) is 6.04 Å². The summed E-state index contributed by atoms with van der Waals surface area (Å²) in [5.74, 6) is 5.73. The number of hydrogen-bond donors (Lipinski definition) is 2. The van der Waals surface area contributed by atoms with Crippen LogP contribution < -0.4 is 11.3 Å². The Morgan fingerprint density at radius 3 is 2.75 bits per heavy atom. The van der Waals surface area contributed by atoms with Gasteiger partial charge < -0.3 is 0 Å². The zero-order chi connectivity index (χ0) is 13.9. The highest BCUT2D eigenvalue weighted by atomic mass is 15.2. The van der Waals surface area contributed by atoms with Crippen molar-refractivity contribution in [1.82, 2.24) is 15.4 Å². The van der Waals surface area contributed by atoms with Crippen LogP contribution in [0.3, 0.4) is 0 Å². The summed E-state index contributed by atoms with van der Waals surface area (Å²) in [6.07, 6.45) is 3.61. The minimum absolute atomic E-state index is 0.159. The number of aryl methyl sites for hydroxylation is 1. The molecule has 4 heteroatoms. The first-order chi connectivity index (χ1) is 9.79. The average molecular weight is 264 g/mol. The molecule has 20 heavy (non-hydrogen) atoms. The Morgan fingerprint density at radius 1 is 1.10 bits per heavy atom. The lowest BCUT2D eigenvalue weighted by atomic mass is 10.0. The number of nitrogens with two attached hydrogens (primary N) is 1. The normalized spacial score (nSPS) is 12.5. The predicted molar refractivity (Wildman–Crippen MR) is 79.9 cm³/mol. The van der Waals surface area contributed by atoms with Crippen molar-refractivity contribution in [3.63, 3.8) is 0 Å². The molecular weight excluding hydrogens is 248 g/mol. The molecule has 100 valence electrons. The molecule has 1 aromatic carbocycles. The molecule has 2 heterocycles. The van der Waals surface area contributed by atoms with E-state index in [9.17, 15) is 0 Å². The second kappa shape index (κ2) is 5.36. The molecule has 3 N–H and O–H groups in total. The molecule has 2 aromatic heterocycles. The third-order valence-electron chi connectivity index (χ3n) is 3.47. The van der Waals surface area contributed by atoms with Gasteiger partial charge in [0.25, 0.3) is 0 Å². The van der Waals surface area contributed by atoms with Crippen molar-refractivity contribution >= 4 is 10.9 Å². The molecule has 0 bridgehead atoms. The Labute approximate surface area is 117 Å². The lowest BCUT2D eigenvalue weighted by Crippen LogP contribution is -2.30. The molecule has 0 saturated carbocycles. The minimum atomic E-state index is -0.159. The smallest absolute Gasteiger partial charge is 0.0899 e. The van der Waals surface area contributed by atoms with Crippen molar-refractivity contribution in [1.29, 1.82) is 0 Å². The summed E-state index contributed by atoms with van der Waals surface area (Å²) in [6, 6.07) is 13.9. The lowest BCUT2D eigenvalue weighted by molar-refractivity contribution is 0.617. The Morgan fingerprint density at radius 2 is 1.95 bits per heavy atom. The molecule has 0 fully saturated rings. The van der Waals surface area contributed by atoms with Crippen LogP contribution >= 0.6 is 0 Å². The first-order valence-electron chi connectivity index (χ1n) is 6.52. The highest BCUT2D eigenvalue weighted by Gasteiger charge is 2.16. The first-order valence-corrected chi connectivity index (χ1v) is 6.52. The monoisotopic (exact) mass is 264 g/mol. The number of pyridine rings is 2. The number of nitrogens with zero attached hydrogens (tertiary/aromatic N) is 2. The number of aromatic nitrogens is 2.